The van der Waals surface area contributed by atoms with Crippen LogP contribution >= 0.6 is 0 Å². The van der Waals surface area contributed by atoms with E-state index in [1.165, 1.54) is 15.6 Å². The Kier molecular flexibility index (Phi) is 4.57. The Hall–Kier alpha value is -2.82. The topological polar surface area (TPSA) is 91.4 Å². The van der Waals surface area contributed by atoms with Crippen LogP contribution in [0.2, 0.25) is 0 Å². The molecule has 158 valence electrons. The van der Waals surface area contributed by atoms with E-state index >= 15 is 0 Å². The smallest absolute Gasteiger partial charge is 0.414 e. The van der Waals surface area contributed by atoms with Gasteiger partial charge >= 0.3 is 6.09 Å². The molecule has 4 heterocycles. The molecule has 1 saturated heterocycles. The minimum atomic E-state index is -3.70. The van der Waals surface area contributed by atoms with Crippen molar-refractivity contribution in [1.82, 2.24) is 14.8 Å². The molecule has 1 amide bonds. The zero-order chi connectivity index (χ0) is 20.9. The summed E-state index contributed by atoms with van der Waals surface area (Å²) in [5.41, 5.74) is 5.90. The van der Waals surface area contributed by atoms with E-state index in [0.717, 1.165) is 16.8 Å². The number of hydroxylamine groups is 3. The van der Waals surface area contributed by atoms with Gasteiger partial charge in [0.2, 0.25) is 10.0 Å². The normalized spacial score (nSPS) is 22.1. The Morgan fingerprint density at radius 1 is 1.20 bits per heavy atom. The summed E-state index contributed by atoms with van der Waals surface area (Å²) in [6, 6.07) is 5.77. The first-order valence-corrected chi connectivity index (χ1v) is 11.3. The summed E-state index contributed by atoms with van der Waals surface area (Å²) in [5, 5.41) is 1.38. The Morgan fingerprint density at radius 2 is 2.00 bits per heavy atom. The first kappa shape index (κ1) is 19.2. The predicted molar refractivity (Wildman–Crippen MR) is 109 cm³/mol. The largest absolute Gasteiger partial charge is 0.444 e. The van der Waals surface area contributed by atoms with Crippen LogP contribution in [0.3, 0.4) is 0 Å². The summed E-state index contributed by atoms with van der Waals surface area (Å²) in [6.07, 6.45) is 7.05. The van der Waals surface area contributed by atoms with Crippen molar-refractivity contribution < 1.29 is 22.9 Å². The Balaban J connectivity index is 1.36. The van der Waals surface area contributed by atoms with Gasteiger partial charge in [0.1, 0.15) is 17.2 Å². The summed E-state index contributed by atoms with van der Waals surface area (Å²) < 4.78 is 33.3. The van der Waals surface area contributed by atoms with Gasteiger partial charge in [-0.25, -0.2) is 23.8 Å². The van der Waals surface area contributed by atoms with Gasteiger partial charge in [-0.3, -0.25) is 4.90 Å². The number of amides is 1. The first-order valence-electron chi connectivity index (χ1n) is 9.82. The van der Waals surface area contributed by atoms with Gasteiger partial charge < -0.3 is 4.74 Å². The highest BCUT2D eigenvalue weighted by Gasteiger charge is 2.40. The zero-order valence-corrected chi connectivity index (χ0v) is 17.3. The molecule has 9 nitrogen and oxygen atoms in total. The molecule has 0 atom stereocenters. The Bertz CT molecular complexity index is 1090. The maximum absolute atomic E-state index is 13.3. The van der Waals surface area contributed by atoms with Crippen molar-refractivity contribution in [3.63, 3.8) is 0 Å². The number of benzene rings is 1. The number of rotatable bonds is 3. The first-order chi connectivity index (χ1) is 14.5. The molecule has 4 aliphatic rings. The second-order valence-electron chi connectivity index (χ2n) is 7.58. The second kappa shape index (κ2) is 7.15. The lowest BCUT2D eigenvalue weighted by atomic mass is 10.00. The number of para-hydroxylation sites is 1. The number of cyclic esters (lactones) is 1. The highest BCUT2D eigenvalue weighted by Crippen LogP contribution is 2.36. The van der Waals surface area contributed by atoms with Crippen molar-refractivity contribution in [3.8, 4) is 0 Å². The standard InChI is InChI=1S/C20H22N4O5S/c1-14-4-2-5-15-13-28-20(25)24(19(14)15)16-7-10-22(11-8-16)30(26,27)18-6-3-9-23-17(18)12-21-29-23/h2-6,9,12,16,21H,7-8,10-11,13H2,1H3. The van der Waals surface area contributed by atoms with Crippen molar-refractivity contribution in [2.45, 2.75) is 32.4 Å². The Labute approximate surface area is 174 Å². The molecule has 0 saturated carbocycles. The number of allylic oxidation sites excluding steroid dienone is 2. The van der Waals surface area contributed by atoms with Crippen molar-refractivity contribution >= 4 is 21.8 Å². The highest BCUT2D eigenvalue weighted by atomic mass is 32.2. The summed E-state index contributed by atoms with van der Waals surface area (Å²) in [7, 11) is -3.70. The molecule has 30 heavy (non-hydrogen) atoms. The number of carbonyl (C=O) groups is 1. The SMILES string of the molecule is Cc1cccc2c1N(C1CCN(S(=O)(=O)C3=CC=CN4ONC=C34)CC1)C(=O)OC2. The van der Waals surface area contributed by atoms with Crippen LogP contribution in [-0.2, 0) is 26.3 Å². The van der Waals surface area contributed by atoms with Crippen molar-refractivity contribution in [2.24, 2.45) is 0 Å². The lowest BCUT2D eigenvalue weighted by Crippen LogP contribution is -2.51. The number of anilines is 1. The number of piperidine rings is 1. The van der Waals surface area contributed by atoms with Gasteiger partial charge in [0.25, 0.3) is 0 Å². The van der Waals surface area contributed by atoms with Gasteiger partial charge in [-0.05, 0) is 37.5 Å². The molecular formula is C20H22N4O5S. The van der Waals surface area contributed by atoms with E-state index < -0.39 is 10.0 Å². The van der Waals surface area contributed by atoms with Gasteiger partial charge in [-0.2, -0.15) is 9.24 Å². The third-order valence-electron chi connectivity index (χ3n) is 5.82. The number of carbonyl (C=O) groups excluding carboxylic acids is 1. The lowest BCUT2D eigenvalue weighted by molar-refractivity contribution is -0.112. The minimum Gasteiger partial charge on any atom is -0.444 e. The van der Waals surface area contributed by atoms with E-state index in [-0.39, 0.29) is 23.6 Å². The third-order valence-corrected chi connectivity index (χ3v) is 7.77. The van der Waals surface area contributed by atoms with E-state index in [2.05, 4.69) is 5.48 Å². The summed E-state index contributed by atoms with van der Waals surface area (Å²) in [5.74, 6) is 0. The number of sulfonamides is 1. The molecule has 5 rings (SSSR count). The molecule has 0 bridgehead atoms. The summed E-state index contributed by atoms with van der Waals surface area (Å²) in [6.45, 7) is 2.88. The Morgan fingerprint density at radius 3 is 2.80 bits per heavy atom. The molecule has 0 spiro atoms. The van der Waals surface area contributed by atoms with Crippen molar-refractivity contribution in [1.29, 1.82) is 0 Å². The van der Waals surface area contributed by atoms with E-state index in [9.17, 15) is 13.2 Å². The van der Waals surface area contributed by atoms with E-state index in [0.29, 0.717) is 31.6 Å². The maximum Gasteiger partial charge on any atom is 0.414 e. The monoisotopic (exact) mass is 430 g/mol. The van der Waals surface area contributed by atoms with Crippen LogP contribution in [-0.4, -0.2) is 43.0 Å². The number of ether oxygens (including phenoxy) is 1. The fourth-order valence-corrected chi connectivity index (χ4v) is 5.98. The molecule has 4 aliphatic heterocycles. The van der Waals surface area contributed by atoms with Crippen LogP contribution in [0, 0.1) is 6.92 Å². The van der Waals surface area contributed by atoms with Crippen LogP contribution in [0.5, 0.6) is 0 Å². The molecule has 10 heteroatoms. The molecule has 1 aromatic carbocycles. The number of fused-ring (bicyclic) bond motifs is 2. The molecule has 1 fully saturated rings. The highest BCUT2D eigenvalue weighted by molar-refractivity contribution is 7.93. The van der Waals surface area contributed by atoms with Crippen LogP contribution in [0.4, 0.5) is 10.5 Å². The lowest BCUT2D eigenvalue weighted by Gasteiger charge is -2.40. The van der Waals surface area contributed by atoms with Gasteiger partial charge in [-0.15, -0.1) is 0 Å². The number of nitrogens with zero attached hydrogens (tertiary/aromatic N) is 3. The molecule has 0 radical (unpaired) electrons. The maximum atomic E-state index is 13.3. The number of hydrogen-bond donors (Lipinski definition) is 1. The number of aryl methyl sites for hydroxylation is 1. The van der Waals surface area contributed by atoms with Crippen LogP contribution in [0.15, 0.2) is 53.4 Å². The molecule has 1 N–H and O–H groups in total. The average molecular weight is 430 g/mol. The summed E-state index contributed by atoms with van der Waals surface area (Å²) in [4.78, 5) is 19.6. The van der Waals surface area contributed by atoms with Crippen LogP contribution in [0.25, 0.3) is 0 Å². The van der Waals surface area contributed by atoms with Gasteiger partial charge in [-0.1, -0.05) is 18.2 Å². The summed E-state index contributed by atoms with van der Waals surface area (Å²) >= 11 is 0. The van der Waals surface area contributed by atoms with Gasteiger partial charge in [0, 0.05) is 30.9 Å². The van der Waals surface area contributed by atoms with Crippen molar-refractivity contribution in [3.05, 3.63) is 64.5 Å². The second-order valence-corrected chi connectivity index (χ2v) is 9.49. The number of hydrogen-bond acceptors (Lipinski definition) is 7. The fraction of sp³-hybridized carbons (Fsp3) is 0.350. The molecule has 1 aromatic rings. The fourth-order valence-electron chi connectivity index (χ4n) is 4.35. The quantitative estimate of drug-likeness (QED) is 0.786. The van der Waals surface area contributed by atoms with Gasteiger partial charge in [0.15, 0.2) is 0 Å². The van der Waals surface area contributed by atoms with Gasteiger partial charge in [0.05, 0.1) is 11.9 Å². The zero-order valence-electron chi connectivity index (χ0n) is 16.4. The van der Waals surface area contributed by atoms with Crippen LogP contribution in [0.1, 0.15) is 24.0 Å². The molecular weight excluding hydrogens is 408 g/mol. The van der Waals surface area contributed by atoms with Crippen LogP contribution < -0.4 is 10.4 Å². The molecule has 0 aliphatic carbocycles. The van der Waals surface area contributed by atoms with E-state index in [1.807, 2.05) is 25.1 Å². The third kappa shape index (κ3) is 2.99. The van der Waals surface area contributed by atoms with E-state index in [1.54, 1.807) is 23.3 Å². The van der Waals surface area contributed by atoms with E-state index in [4.69, 9.17) is 9.68 Å². The molecule has 0 aromatic heterocycles. The number of nitrogens with one attached hydrogen (secondary N) is 1. The predicted octanol–water partition coefficient (Wildman–Crippen LogP) is 2.25. The van der Waals surface area contributed by atoms with Crippen molar-refractivity contribution in [2.75, 3.05) is 18.0 Å². The average Bonchev–Trinajstić information content (AvgIpc) is 3.23. The molecule has 0 unspecified atom stereocenters. The minimum absolute atomic E-state index is 0.114.